The van der Waals surface area contributed by atoms with Crippen LogP contribution in [0.2, 0.25) is 0 Å². The number of carbonyl (C=O) groups excluding carboxylic acids is 1. The molecule has 8 heteroatoms. The molecule has 0 bridgehead atoms. The molecule has 1 aromatic carbocycles. The van der Waals surface area contributed by atoms with Crippen LogP contribution >= 0.6 is 0 Å². The summed E-state index contributed by atoms with van der Waals surface area (Å²) in [6.07, 6.45) is 5.56. The Morgan fingerprint density at radius 1 is 1.17 bits per heavy atom. The van der Waals surface area contributed by atoms with Gasteiger partial charge in [-0.1, -0.05) is 25.5 Å². The first-order chi connectivity index (χ1) is 14.4. The van der Waals surface area contributed by atoms with Gasteiger partial charge in [-0.05, 0) is 56.8 Å². The number of hydrogen-bond acceptors (Lipinski definition) is 5. The van der Waals surface area contributed by atoms with Gasteiger partial charge in [0.1, 0.15) is 4.90 Å². The lowest BCUT2D eigenvalue weighted by Gasteiger charge is -2.34. The number of nitrogens with zero attached hydrogens (tertiary/aromatic N) is 3. The molecule has 1 aromatic rings. The number of hydrogen-bond donors (Lipinski definition) is 1. The number of piperidine rings is 2. The van der Waals surface area contributed by atoms with Crippen LogP contribution in [0.5, 0.6) is 0 Å². The molecule has 4 rings (SSSR count). The molecule has 3 heterocycles. The van der Waals surface area contributed by atoms with Gasteiger partial charge in [-0.25, -0.2) is 0 Å². The van der Waals surface area contributed by atoms with E-state index in [9.17, 15) is 13.2 Å². The summed E-state index contributed by atoms with van der Waals surface area (Å²) in [5.74, 6) is 0.837. The van der Waals surface area contributed by atoms with Crippen molar-refractivity contribution in [1.82, 2.24) is 15.1 Å². The van der Waals surface area contributed by atoms with Gasteiger partial charge in [0.05, 0.1) is 5.92 Å². The molecule has 0 spiro atoms. The second kappa shape index (κ2) is 9.06. The molecule has 2 saturated heterocycles. The van der Waals surface area contributed by atoms with Gasteiger partial charge < -0.3 is 15.1 Å². The fraction of sp³-hybridized carbons (Fsp3) is 0.636. The number of likely N-dealkylation sites (tertiary alicyclic amines) is 2. The summed E-state index contributed by atoms with van der Waals surface area (Å²) in [6, 6.07) is 6.93. The van der Waals surface area contributed by atoms with Gasteiger partial charge in [0.2, 0.25) is 5.91 Å². The van der Waals surface area contributed by atoms with E-state index < -0.39 is 10.0 Å². The van der Waals surface area contributed by atoms with Crippen molar-refractivity contribution in [2.45, 2.75) is 43.9 Å². The summed E-state index contributed by atoms with van der Waals surface area (Å²) >= 11 is 0. The first-order valence-corrected chi connectivity index (χ1v) is 12.6. The molecule has 2 fully saturated rings. The molecule has 1 N–H and O–H groups in total. The van der Waals surface area contributed by atoms with Crippen LogP contribution in [-0.2, 0) is 14.8 Å². The van der Waals surface area contributed by atoms with Crippen LogP contribution in [0, 0.1) is 11.8 Å². The Kier molecular flexibility index (Phi) is 6.43. The summed E-state index contributed by atoms with van der Waals surface area (Å²) in [6.45, 7) is 7.47. The van der Waals surface area contributed by atoms with Crippen LogP contribution in [-0.4, -0.2) is 69.2 Å². The molecular formula is C22H32N4O3S. The van der Waals surface area contributed by atoms with Gasteiger partial charge in [0, 0.05) is 31.7 Å². The Morgan fingerprint density at radius 3 is 2.73 bits per heavy atom. The lowest BCUT2D eigenvalue weighted by Crippen LogP contribution is -2.46. The number of amides is 1. The molecule has 0 aliphatic carbocycles. The Balaban J connectivity index is 1.33. The summed E-state index contributed by atoms with van der Waals surface area (Å²) in [5, 5.41) is 3.14. The van der Waals surface area contributed by atoms with E-state index in [1.807, 2.05) is 11.0 Å². The van der Waals surface area contributed by atoms with Crippen molar-refractivity contribution in [2.75, 3.05) is 39.3 Å². The maximum atomic E-state index is 12.8. The van der Waals surface area contributed by atoms with Crippen LogP contribution in [0.15, 0.2) is 33.6 Å². The van der Waals surface area contributed by atoms with E-state index in [4.69, 9.17) is 0 Å². The third-order valence-electron chi connectivity index (χ3n) is 6.35. The van der Waals surface area contributed by atoms with E-state index in [1.165, 1.54) is 32.4 Å². The molecule has 7 nitrogen and oxygen atoms in total. The highest BCUT2D eigenvalue weighted by atomic mass is 32.2. The minimum Gasteiger partial charge on any atom is -0.355 e. The quantitative estimate of drug-likeness (QED) is 0.770. The number of fused-ring (bicyclic) bond motifs is 1. The third kappa shape index (κ3) is 4.70. The zero-order valence-electron chi connectivity index (χ0n) is 17.7. The highest BCUT2D eigenvalue weighted by Gasteiger charge is 2.35. The van der Waals surface area contributed by atoms with Crippen molar-refractivity contribution < 1.29 is 13.2 Å². The Morgan fingerprint density at radius 2 is 1.93 bits per heavy atom. The second-order valence-electron chi connectivity index (χ2n) is 8.88. The Hall–Kier alpha value is -1.93. The van der Waals surface area contributed by atoms with Gasteiger partial charge in [0.25, 0.3) is 10.0 Å². The van der Waals surface area contributed by atoms with E-state index in [2.05, 4.69) is 21.5 Å². The van der Waals surface area contributed by atoms with Gasteiger partial charge >= 0.3 is 0 Å². The van der Waals surface area contributed by atoms with Gasteiger partial charge in [-0.2, -0.15) is 8.42 Å². The molecule has 0 aromatic heterocycles. The fourth-order valence-corrected chi connectivity index (χ4v) is 5.99. The van der Waals surface area contributed by atoms with E-state index in [1.54, 1.807) is 18.2 Å². The van der Waals surface area contributed by atoms with Crippen LogP contribution in [0.1, 0.15) is 44.6 Å². The van der Waals surface area contributed by atoms with E-state index >= 15 is 0 Å². The zero-order chi connectivity index (χ0) is 21.1. The minimum absolute atomic E-state index is 0.0694. The minimum atomic E-state index is -3.64. The molecule has 164 valence electrons. The molecule has 0 radical (unpaired) electrons. The van der Waals surface area contributed by atoms with Gasteiger partial charge in [-0.15, -0.1) is 4.40 Å². The van der Waals surface area contributed by atoms with Crippen LogP contribution in [0.3, 0.4) is 0 Å². The van der Waals surface area contributed by atoms with Crippen molar-refractivity contribution in [3.63, 3.8) is 0 Å². The molecule has 3 aliphatic heterocycles. The molecule has 2 atom stereocenters. The van der Waals surface area contributed by atoms with Gasteiger partial charge in [0.15, 0.2) is 5.84 Å². The maximum Gasteiger partial charge on any atom is 0.285 e. The van der Waals surface area contributed by atoms with Gasteiger partial charge in [-0.3, -0.25) is 4.79 Å². The highest BCUT2D eigenvalue weighted by molar-refractivity contribution is 7.90. The normalized spacial score (nSPS) is 24.8. The summed E-state index contributed by atoms with van der Waals surface area (Å²) < 4.78 is 28.8. The van der Waals surface area contributed by atoms with Crippen LogP contribution in [0.25, 0.3) is 0 Å². The molecule has 0 saturated carbocycles. The topological polar surface area (TPSA) is 82.1 Å². The van der Waals surface area contributed by atoms with Crippen LogP contribution < -0.4 is 5.32 Å². The average Bonchev–Trinajstić information content (AvgIpc) is 3.04. The van der Waals surface area contributed by atoms with Crippen molar-refractivity contribution in [3.8, 4) is 0 Å². The standard InChI is InChI=1S/C22H32N4O3S/c1-17(15-25-11-5-2-6-12-25)14-23-22(27)18-8-7-13-26(16-18)21-19-9-3-4-10-20(19)30(28,29)24-21/h3-4,9-10,17-18H,2,5-8,11-16H2,1H3,(H,23,27). The van der Waals surface area contributed by atoms with Crippen molar-refractivity contribution in [2.24, 2.45) is 16.2 Å². The molecule has 1 amide bonds. The summed E-state index contributed by atoms with van der Waals surface area (Å²) in [5.41, 5.74) is 0.647. The molecule has 30 heavy (non-hydrogen) atoms. The van der Waals surface area contributed by atoms with Crippen molar-refractivity contribution in [1.29, 1.82) is 0 Å². The fourth-order valence-electron chi connectivity index (χ4n) is 4.77. The first-order valence-electron chi connectivity index (χ1n) is 11.1. The number of nitrogens with one attached hydrogen (secondary N) is 1. The predicted molar refractivity (Wildman–Crippen MR) is 117 cm³/mol. The molecule has 3 aliphatic rings. The summed E-state index contributed by atoms with van der Waals surface area (Å²) in [7, 11) is -3.64. The van der Waals surface area contributed by atoms with Crippen molar-refractivity contribution in [3.05, 3.63) is 29.8 Å². The largest absolute Gasteiger partial charge is 0.355 e. The monoisotopic (exact) mass is 432 g/mol. The molecule has 2 unspecified atom stereocenters. The second-order valence-corrected chi connectivity index (χ2v) is 10.5. The van der Waals surface area contributed by atoms with E-state index in [0.717, 1.165) is 25.9 Å². The number of benzene rings is 1. The highest BCUT2D eigenvalue weighted by Crippen LogP contribution is 2.29. The average molecular weight is 433 g/mol. The van der Waals surface area contributed by atoms with E-state index in [-0.39, 0.29) is 16.7 Å². The van der Waals surface area contributed by atoms with Crippen molar-refractivity contribution >= 4 is 21.8 Å². The maximum absolute atomic E-state index is 12.8. The lowest BCUT2D eigenvalue weighted by atomic mass is 9.96. The SMILES string of the molecule is CC(CNC(=O)C1CCCN(C2=NS(=O)(=O)c3ccccc32)C1)CN1CCCCC1. The first kappa shape index (κ1) is 21.3. The number of amidine groups is 1. The van der Waals surface area contributed by atoms with Crippen LogP contribution in [0.4, 0.5) is 0 Å². The number of sulfonamides is 1. The number of rotatable bonds is 5. The smallest absolute Gasteiger partial charge is 0.285 e. The Labute approximate surface area is 179 Å². The summed E-state index contributed by atoms with van der Waals surface area (Å²) in [4.78, 5) is 17.5. The number of carbonyl (C=O) groups is 1. The third-order valence-corrected chi connectivity index (χ3v) is 7.67. The molecular weight excluding hydrogens is 400 g/mol. The lowest BCUT2D eigenvalue weighted by molar-refractivity contribution is -0.126. The predicted octanol–water partition coefficient (Wildman–Crippen LogP) is 2.09. The zero-order valence-corrected chi connectivity index (χ0v) is 18.5. The van der Waals surface area contributed by atoms with E-state index in [0.29, 0.717) is 30.4 Å². The Bertz CT molecular complexity index is 909.